The second kappa shape index (κ2) is 7.45. The molecule has 0 unspecified atom stereocenters. The summed E-state index contributed by atoms with van der Waals surface area (Å²) in [5.41, 5.74) is 0.747. The number of unbranched alkanes of at least 4 members (excludes halogenated alkanes) is 1. The van der Waals surface area contributed by atoms with E-state index in [1.807, 2.05) is 6.92 Å². The molecule has 3 amide bonds. The molecule has 2 heterocycles. The molecule has 0 radical (unpaired) electrons. The predicted molar refractivity (Wildman–Crippen MR) is 93.6 cm³/mol. The van der Waals surface area contributed by atoms with Crippen LogP contribution < -0.4 is 5.32 Å². The normalized spacial score (nSPS) is 13.0. The van der Waals surface area contributed by atoms with Crippen LogP contribution in [0.25, 0.3) is 0 Å². The number of hydrogen-bond donors (Lipinski definition) is 2. The Morgan fingerprint density at radius 3 is 2.52 bits per heavy atom. The van der Waals surface area contributed by atoms with Gasteiger partial charge >= 0.3 is 5.97 Å². The molecule has 8 nitrogen and oxygen atoms in total. The lowest BCUT2D eigenvalue weighted by Gasteiger charge is -2.12. The summed E-state index contributed by atoms with van der Waals surface area (Å²) in [6, 6.07) is 7.12. The molecule has 0 fully saturated rings. The van der Waals surface area contributed by atoms with Crippen LogP contribution in [0.4, 0.5) is 0 Å². The molecule has 0 aliphatic carbocycles. The maximum absolute atomic E-state index is 12.4. The Bertz CT molecular complexity index is 930. The number of benzene rings is 1. The van der Waals surface area contributed by atoms with Gasteiger partial charge in [-0.25, -0.2) is 4.79 Å². The number of imide groups is 1. The number of amides is 3. The summed E-state index contributed by atoms with van der Waals surface area (Å²) < 4.78 is 5.07. The van der Waals surface area contributed by atoms with E-state index in [0.29, 0.717) is 17.9 Å². The number of hydrogen-bond acceptors (Lipinski definition) is 5. The third-order valence-electron chi connectivity index (χ3n) is 4.26. The van der Waals surface area contributed by atoms with E-state index in [9.17, 15) is 19.2 Å². The van der Waals surface area contributed by atoms with Gasteiger partial charge < -0.3 is 14.8 Å². The Labute approximate surface area is 154 Å². The number of carboxylic acid groups (broad SMARTS) is 1. The van der Waals surface area contributed by atoms with Crippen LogP contribution in [0.15, 0.2) is 34.7 Å². The molecule has 0 atom stereocenters. The minimum absolute atomic E-state index is 0.00129. The van der Waals surface area contributed by atoms with Gasteiger partial charge in [0.25, 0.3) is 17.7 Å². The third-order valence-corrected chi connectivity index (χ3v) is 4.26. The quantitative estimate of drug-likeness (QED) is 0.722. The second-order valence-electron chi connectivity index (χ2n) is 6.13. The number of furan rings is 1. The highest BCUT2D eigenvalue weighted by atomic mass is 16.4. The van der Waals surface area contributed by atoms with E-state index in [4.69, 9.17) is 9.52 Å². The van der Waals surface area contributed by atoms with Crippen LogP contribution in [-0.2, 0) is 6.54 Å². The highest BCUT2D eigenvalue weighted by molar-refractivity contribution is 6.22. The number of aromatic carboxylic acids is 1. The lowest BCUT2D eigenvalue weighted by molar-refractivity contribution is 0.0643. The van der Waals surface area contributed by atoms with E-state index in [1.54, 1.807) is 0 Å². The number of nitrogens with zero attached hydrogens (tertiary/aromatic N) is 1. The number of fused-ring (bicyclic) bond motifs is 1. The molecular formula is C19H18N2O6. The van der Waals surface area contributed by atoms with Gasteiger partial charge in [0, 0.05) is 12.1 Å². The van der Waals surface area contributed by atoms with Crippen molar-refractivity contribution in [3.05, 3.63) is 58.5 Å². The summed E-state index contributed by atoms with van der Waals surface area (Å²) >= 11 is 0. The molecule has 0 saturated heterocycles. The number of carboxylic acids is 1. The molecule has 1 aliphatic rings. The Kier molecular flexibility index (Phi) is 5.07. The van der Waals surface area contributed by atoms with Crippen molar-refractivity contribution in [2.24, 2.45) is 0 Å². The van der Waals surface area contributed by atoms with E-state index in [-0.39, 0.29) is 29.3 Å². The van der Waals surface area contributed by atoms with Crippen molar-refractivity contribution in [1.82, 2.24) is 10.2 Å². The van der Waals surface area contributed by atoms with Gasteiger partial charge in [-0.3, -0.25) is 19.3 Å². The molecule has 1 aromatic carbocycles. The summed E-state index contributed by atoms with van der Waals surface area (Å²) in [5, 5.41) is 11.4. The Morgan fingerprint density at radius 2 is 1.85 bits per heavy atom. The Hall–Kier alpha value is -3.42. The van der Waals surface area contributed by atoms with Crippen LogP contribution in [0, 0.1) is 0 Å². The molecule has 140 valence electrons. The minimum Gasteiger partial charge on any atom is -0.475 e. The van der Waals surface area contributed by atoms with E-state index in [1.165, 1.54) is 35.2 Å². The van der Waals surface area contributed by atoms with Gasteiger partial charge in [0.1, 0.15) is 5.76 Å². The number of carbonyl (C=O) groups is 4. The van der Waals surface area contributed by atoms with Crippen LogP contribution in [-0.4, -0.2) is 40.2 Å². The van der Waals surface area contributed by atoms with Crippen molar-refractivity contribution in [3.63, 3.8) is 0 Å². The molecule has 8 heteroatoms. The average molecular weight is 370 g/mol. The number of nitrogens with one attached hydrogen (secondary N) is 1. The summed E-state index contributed by atoms with van der Waals surface area (Å²) in [4.78, 5) is 49.1. The van der Waals surface area contributed by atoms with Gasteiger partial charge in [0.2, 0.25) is 5.76 Å². The van der Waals surface area contributed by atoms with Crippen molar-refractivity contribution >= 4 is 23.7 Å². The van der Waals surface area contributed by atoms with E-state index < -0.39 is 17.8 Å². The summed E-state index contributed by atoms with van der Waals surface area (Å²) in [6.07, 6.45) is 1.58. The van der Waals surface area contributed by atoms with Gasteiger partial charge in [-0.15, -0.1) is 0 Å². The smallest absolute Gasteiger partial charge is 0.371 e. The average Bonchev–Trinajstić information content (AvgIpc) is 3.22. The number of carbonyl (C=O) groups excluding carboxylic acids is 3. The maximum atomic E-state index is 12.4. The van der Waals surface area contributed by atoms with E-state index >= 15 is 0 Å². The predicted octanol–water partition coefficient (Wildman–Crippen LogP) is 2.30. The first-order valence-corrected chi connectivity index (χ1v) is 8.52. The first-order valence-electron chi connectivity index (χ1n) is 8.52. The van der Waals surface area contributed by atoms with Gasteiger partial charge in [-0.05, 0) is 36.8 Å². The Morgan fingerprint density at radius 1 is 1.11 bits per heavy atom. The second-order valence-corrected chi connectivity index (χ2v) is 6.13. The molecule has 0 saturated carbocycles. The third kappa shape index (κ3) is 3.59. The van der Waals surface area contributed by atoms with E-state index in [2.05, 4.69) is 5.32 Å². The van der Waals surface area contributed by atoms with Crippen molar-refractivity contribution in [3.8, 4) is 0 Å². The molecular weight excluding hydrogens is 352 g/mol. The standard InChI is InChI=1S/C19H18N2O6/c1-2-3-8-21-17(23)13-6-4-11(9-14(13)18(21)24)16(22)20-10-12-5-7-15(27-12)19(25)26/h4-7,9H,2-3,8,10H2,1H3,(H,20,22)(H,25,26). The SMILES string of the molecule is CCCCN1C(=O)c2ccc(C(=O)NCc3ccc(C(=O)O)o3)cc2C1=O. The van der Waals surface area contributed by atoms with Crippen molar-refractivity contribution in [2.45, 2.75) is 26.3 Å². The summed E-state index contributed by atoms with van der Waals surface area (Å²) in [5.74, 6) is -2.31. The zero-order valence-electron chi connectivity index (χ0n) is 14.7. The fourth-order valence-corrected chi connectivity index (χ4v) is 2.81. The molecule has 27 heavy (non-hydrogen) atoms. The molecule has 0 bridgehead atoms. The number of rotatable bonds is 7. The van der Waals surface area contributed by atoms with Crippen molar-refractivity contribution in [1.29, 1.82) is 0 Å². The monoisotopic (exact) mass is 370 g/mol. The van der Waals surface area contributed by atoms with Crippen LogP contribution >= 0.6 is 0 Å². The highest BCUT2D eigenvalue weighted by Crippen LogP contribution is 2.24. The summed E-state index contributed by atoms with van der Waals surface area (Å²) in [7, 11) is 0. The zero-order valence-corrected chi connectivity index (χ0v) is 14.7. The van der Waals surface area contributed by atoms with Crippen molar-refractivity contribution < 1.29 is 28.7 Å². The highest BCUT2D eigenvalue weighted by Gasteiger charge is 2.35. The van der Waals surface area contributed by atoms with Gasteiger partial charge in [0.05, 0.1) is 17.7 Å². The van der Waals surface area contributed by atoms with E-state index in [0.717, 1.165) is 12.8 Å². The van der Waals surface area contributed by atoms with Gasteiger partial charge in [-0.1, -0.05) is 13.3 Å². The fraction of sp³-hybridized carbons (Fsp3) is 0.263. The van der Waals surface area contributed by atoms with Crippen LogP contribution in [0.1, 0.15) is 67.2 Å². The van der Waals surface area contributed by atoms with Crippen LogP contribution in [0.2, 0.25) is 0 Å². The Balaban J connectivity index is 1.71. The lowest BCUT2D eigenvalue weighted by Crippen LogP contribution is -2.30. The summed E-state index contributed by atoms with van der Waals surface area (Å²) in [6.45, 7) is 2.33. The maximum Gasteiger partial charge on any atom is 0.371 e. The van der Waals surface area contributed by atoms with Gasteiger partial charge in [0.15, 0.2) is 0 Å². The van der Waals surface area contributed by atoms with Gasteiger partial charge in [-0.2, -0.15) is 0 Å². The first-order chi connectivity index (χ1) is 12.9. The zero-order chi connectivity index (χ0) is 19.6. The topological polar surface area (TPSA) is 117 Å². The molecule has 1 aromatic heterocycles. The van der Waals surface area contributed by atoms with Crippen molar-refractivity contribution in [2.75, 3.05) is 6.54 Å². The first kappa shape index (κ1) is 18.4. The minimum atomic E-state index is -1.19. The fourth-order valence-electron chi connectivity index (χ4n) is 2.81. The molecule has 3 rings (SSSR count). The molecule has 2 aromatic rings. The molecule has 0 spiro atoms. The van der Waals surface area contributed by atoms with Crippen LogP contribution in [0.5, 0.6) is 0 Å². The molecule has 1 aliphatic heterocycles. The van der Waals surface area contributed by atoms with Crippen LogP contribution in [0.3, 0.4) is 0 Å². The lowest BCUT2D eigenvalue weighted by atomic mass is 10.1. The largest absolute Gasteiger partial charge is 0.475 e. The molecule has 2 N–H and O–H groups in total.